The number of carbonyl (C=O) groups is 2. The minimum Gasteiger partial charge on any atom is -0.452 e. The minimum absolute atomic E-state index is 0.313. The Morgan fingerprint density at radius 3 is 2.52 bits per heavy atom. The standard InChI is InChI=1S/C19H17N3O3/c23-18(22-9-8-14-4-2-1-3-5-14)13-25-19(24)15-6-7-16-17(12-15)21-11-10-20-16/h1-7,10-12H,8-9,13H2,(H,22,23). The Hall–Kier alpha value is -3.28. The van der Waals surface area contributed by atoms with E-state index in [1.165, 1.54) is 0 Å². The zero-order valence-corrected chi connectivity index (χ0v) is 13.5. The van der Waals surface area contributed by atoms with Crippen molar-refractivity contribution in [3.63, 3.8) is 0 Å². The summed E-state index contributed by atoms with van der Waals surface area (Å²) in [5, 5.41) is 2.73. The highest BCUT2D eigenvalue weighted by atomic mass is 16.5. The van der Waals surface area contributed by atoms with Crippen molar-refractivity contribution >= 4 is 22.9 Å². The fourth-order valence-electron chi connectivity index (χ4n) is 2.35. The van der Waals surface area contributed by atoms with E-state index < -0.39 is 5.97 Å². The van der Waals surface area contributed by atoms with Gasteiger partial charge in [0, 0.05) is 18.9 Å². The predicted octanol–water partition coefficient (Wildman–Crippen LogP) is 2.15. The molecule has 1 aromatic heterocycles. The lowest BCUT2D eigenvalue weighted by molar-refractivity contribution is -0.124. The molecule has 0 fully saturated rings. The van der Waals surface area contributed by atoms with Gasteiger partial charge in [0.15, 0.2) is 6.61 Å². The maximum Gasteiger partial charge on any atom is 0.338 e. The van der Waals surface area contributed by atoms with Crippen LogP contribution < -0.4 is 5.32 Å². The molecule has 2 aromatic carbocycles. The van der Waals surface area contributed by atoms with Crippen molar-refractivity contribution in [1.82, 2.24) is 15.3 Å². The first kappa shape index (κ1) is 16.6. The molecule has 25 heavy (non-hydrogen) atoms. The average molecular weight is 335 g/mol. The molecule has 1 N–H and O–H groups in total. The van der Waals surface area contributed by atoms with Crippen LogP contribution in [0.3, 0.4) is 0 Å². The summed E-state index contributed by atoms with van der Waals surface area (Å²) in [6.45, 7) is 0.179. The van der Waals surface area contributed by atoms with Crippen molar-refractivity contribution in [1.29, 1.82) is 0 Å². The zero-order valence-electron chi connectivity index (χ0n) is 13.5. The van der Waals surface area contributed by atoms with Crippen molar-refractivity contribution in [3.8, 4) is 0 Å². The fourth-order valence-corrected chi connectivity index (χ4v) is 2.35. The Morgan fingerprint density at radius 1 is 0.960 bits per heavy atom. The van der Waals surface area contributed by atoms with E-state index >= 15 is 0 Å². The van der Waals surface area contributed by atoms with Gasteiger partial charge in [0.25, 0.3) is 5.91 Å². The van der Waals surface area contributed by atoms with Gasteiger partial charge < -0.3 is 10.1 Å². The summed E-state index contributed by atoms with van der Waals surface area (Å²) in [4.78, 5) is 32.1. The number of hydrogen-bond acceptors (Lipinski definition) is 5. The van der Waals surface area contributed by atoms with Gasteiger partial charge >= 0.3 is 5.97 Å². The van der Waals surface area contributed by atoms with E-state index in [4.69, 9.17) is 4.74 Å². The molecule has 3 aromatic rings. The Morgan fingerprint density at radius 2 is 1.72 bits per heavy atom. The average Bonchev–Trinajstić information content (AvgIpc) is 2.66. The normalized spacial score (nSPS) is 10.4. The lowest BCUT2D eigenvalue weighted by atomic mass is 10.1. The van der Waals surface area contributed by atoms with Crippen LogP contribution in [0.15, 0.2) is 60.9 Å². The lowest BCUT2D eigenvalue weighted by Crippen LogP contribution is -2.30. The number of benzene rings is 2. The summed E-state index contributed by atoms with van der Waals surface area (Å²) in [6.07, 6.45) is 3.86. The molecule has 126 valence electrons. The van der Waals surface area contributed by atoms with E-state index in [0.29, 0.717) is 23.1 Å². The molecule has 1 heterocycles. The third-order valence-corrected chi connectivity index (χ3v) is 3.62. The summed E-state index contributed by atoms with van der Waals surface area (Å²) < 4.78 is 5.04. The predicted molar refractivity (Wildman–Crippen MR) is 93.0 cm³/mol. The summed E-state index contributed by atoms with van der Waals surface area (Å²) in [5.74, 6) is -0.893. The Kier molecular flexibility index (Phi) is 5.31. The third-order valence-electron chi connectivity index (χ3n) is 3.62. The molecule has 0 saturated carbocycles. The molecule has 0 saturated heterocycles. The number of aromatic nitrogens is 2. The van der Waals surface area contributed by atoms with Gasteiger partial charge in [-0.25, -0.2) is 4.79 Å². The maximum atomic E-state index is 12.0. The number of amides is 1. The molecule has 6 heteroatoms. The van der Waals surface area contributed by atoms with E-state index in [1.54, 1.807) is 30.6 Å². The van der Waals surface area contributed by atoms with Crippen LogP contribution in [0.5, 0.6) is 0 Å². The van der Waals surface area contributed by atoms with Crippen LogP contribution in [0.1, 0.15) is 15.9 Å². The molecule has 1 amide bonds. The zero-order chi connectivity index (χ0) is 17.5. The quantitative estimate of drug-likeness (QED) is 0.698. The SMILES string of the molecule is O=C(COC(=O)c1ccc2nccnc2c1)NCCc1ccccc1. The molecule has 0 unspecified atom stereocenters. The van der Waals surface area contributed by atoms with Crippen molar-refractivity contribution in [3.05, 3.63) is 72.1 Å². The maximum absolute atomic E-state index is 12.0. The van der Waals surface area contributed by atoms with Crippen LogP contribution in [0.25, 0.3) is 11.0 Å². The van der Waals surface area contributed by atoms with Crippen LogP contribution in [0.4, 0.5) is 0 Å². The molecule has 0 aliphatic rings. The highest BCUT2D eigenvalue weighted by Crippen LogP contribution is 2.11. The van der Waals surface area contributed by atoms with Gasteiger partial charge in [0.05, 0.1) is 16.6 Å². The third kappa shape index (κ3) is 4.60. The summed E-state index contributed by atoms with van der Waals surface area (Å²) in [7, 11) is 0. The molecular weight excluding hydrogens is 318 g/mol. The molecule has 0 bridgehead atoms. The number of nitrogens with one attached hydrogen (secondary N) is 1. The first-order valence-electron chi connectivity index (χ1n) is 7.91. The van der Waals surface area contributed by atoms with E-state index in [2.05, 4.69) is 15.3 Å². The highest BCUT2D eigenvalue weighted by molar-refractivity contribution is 5.94. The largest absolute Gasteiger partial charge is 0.452 e. The van der Waals surface area contributed by atoms with E-state index in [1.807, 2.05) is 30.3 Å². The summed E-state index contributed by atoms with van der Waals surface area (Å²) in [6, 6.07) is 14.7. The van der Waals surface area contributed by atoms with Crippen LogP contribution in [-0.2, 0) is 16.0 Å². The molecule has 0 aliphatic heterocycles. The topological polar surface area (TPSA) is 81.2 Å². The molecule has 3 rings (SSSR count). The second-order valence-electron chi connectivity index (χ2n) is 5.42. The van der Waals surface area contributed by atoms with Gasteiger partial charge in [-0.15, -0.1) is 0 Å². The number of nitrogens with zero attached hydrogens (tertiary/aromatic N) is 2. The summed E-state index contributed by atoms with van der Waals surface area (Å²) >= 11 is 0. The Bertz CT molecular complexity index is 881. The highest BCUT2D eigenvalue weighted by Gasteiger charge is 2.11. The van der Waals surface area contributed by atoms with E-state index in [-0.39, 0.29) is 12.5 Å². The smallest absolute Gasteiger partial charge is 0.338 e. The number of esters is 1. The van der Waals surface area contributed by atoms with Gasteiger partial charge in [0.1, 0.15) is 0 Å². The van der Waals surface area contributed by atoms with Gasteiger partial charge in [-0.1, -0.05) is 30.3 Å². The number of ether oxygens (including phenoxy) is 1. The molecule has 6 nitrogen and oxygen atoms in total. The summed E-state index contributed by atoms with van der Waals surface area (Å²) in [5.41, 5.74) is 2.77. The minimum atomic E-state index is -0.564. The van der Waals surface area contributed by atoms with E-state index in [0.717, 1.165) is 12.0 Å². The molecule has 0 radical (unpaired) electrons. The van der Waals surface area contributed by atoms with Gasteiger partial charge in [-0.3, -0.25) is 14.8 Å². The lowest BCUT2D eigenvalue weighted by Gasteiger charge is -2.07. The van der Waals surface area contributed by atoms with Gasteiger partial charge in [0.2, 0.25) is 0 Å². The molecule has 0 atom stereocenters. The monoisotopic (exact) mass is 335 g/mol. The second kappa shape index (κ2) is 8.01. The molecular formula is C19H17N3O3. The number of rotatable bonds is 6. The van der Waals surface area contributed by atoms with Crippen molar-refractivity contribution < 1.29 is 14.3 Å². The van der Waals surface area contributed by atoms with Crippen LogP contribution in [-0.4, -0.2) is 35.0 Å². The van der Waals surface area contributed by atoms with E-state index in [9.17, 15) is 9.59 Å². The Labute approximate surface area is 144 Å². The van der Waals surface area contributed by atoms with Gasteiger partial charge in [-0.05, 0) is 30.2 Å². The molecule has 0 spiro atoms. The van der Waals surface area contributed by atoms with Crippen molar-refractivity contribution in [2.45, 2.75) is 6.42 Å². The van der Waals surface area contributed by atoms with Crippen molar-refractivity contribution in [2.24, 2.45) is 0 Å². The fraction of sp³-hybridized carbons (Fsp3) is 0.158. The second-order valence-corrected chi connectivity index (χ2v) is 5.42. The number of carbonyl (C=O) groups excluding carboxylic acids is 2. The van der Waals surface area contributed by atoms with Crippen LogP contribution >= 0.6 is 0 Å². The van der Waals surface area contributed by atoms with Crippen LogP contribution in [0.2, 0.25) is 0 Å². The first-order chi connectivity index (χ1) is 12.2. The first-order valence-corrected chi connectivity index (χ1v) is 7.91. The van der Waals surface area contributed by atoms with Crippen molar-refractivity contribution in [2.75, 3.05) is 13.2 Å². The molecule has 0 aliphatic carbocycles. The Balaban J connectivity index is 1.46. The number of fused-ring (bicyclic) bond motifs is 1. The van der Waals surface area contributed by atoms with Crippen LogP contribution in [0, 0.1) is 0 Å². The van der Waals surface area contributed by atoms with Gasteiger partial charge in [-0.2, -0.15) is 0 Å². The number of hydrogen-bond donors (Lipinski definition) is 1.